The summed E-state index contributed by atoms with van der Waals surface area (Å²) in [4.78, 5) is 11.2. The second-order valence-electron chi connectivity index (χ2n) is 4.47. The number of amides is 1. The Hall–Kier alpha value is -1.69. The molecule has 0 aromatic heterocycles. The van der Waals surface area contributed by atoms with Gasteiger partial charge in [-0.1, -0.05) is 0 Å². The van der Waals surface area contributed by atoms with E-state index in [0.29, 0.717) is 12.8 Å². The Labute approximate surface area is 110 Å². The fourth-order valence-electron chi connectivity index (χ4n) is 1.57. The van der Waals surface area contributed by atoms with E-state index in [0.717, 1.165) is 12.1 Å². The molecule has 0 radical (unpaired) electrons. The fraction of sp³-hybridized carbons (Fsp3) is 0.462. The van der Waals surface area contributed by atoms with Crippen LogP contribution in [0.5, 0.6) is 5.75 Å². The molecular weight excluding hydrogens is 254 g/mol. The molecule has 0 aliphatic heterocycles. The van der Waals surface area contributed by atoms with E-state index < -0.39 is 23.1 Å². The van der Waals surface area contributed by atoms with Crippen LogP contribution in [0.1, 0.15) is 19.8 Å². The minimum Gasteiger partial charge on any atom is -0.491 e. The number of hydrogen-bond acceptors (Lipinski definition) is 3. The molecule has 6 heteroatoms. The second-order valence-corrected chi connectivity index (χ2v) is 4.47. The van der Waals surface area contributed by atoms with Gasteiger partial charge in [-0.2, -0.15) is 0 Å². The number of halogens is 2. The molecular formula is C13H18F2N2O2. The third kappa shape index (κ3) is 4.17. The van der Waals surface area contributed by atoms with E-state index in [2.05, 4.69) is 5.32 Å². The van der Waals surface area contributed by atoms with Gasteiger partial charge in [0, 0.05) is 6.07 Å². The number of hydrogen-bond donors (Lipinski definition) is 2. The largest absolute Gasteiger partial charge is 0.491 e. The minimum absolute atomic E-state index is 0.00774. The van der Waals surface area contributed by atoms with Gasteiger partial charge in [0.15, 0.2) is 11.6 Å². The first-order valence-corrected chi connectivity index (χ1v) is 5.96. The van der Waals surface area contributed by atoms with Crippen LogP contribution in [-0.4, -0.2) is 25.1 Å². The number of benzene rings is 1. The van der Waals surface area contributed by atoms with Crippen LogP contribution < -0.4 is 15.8 Å². The molecule has 0 saturated carbocycles. The van der Waals surface area contributed by atoms with Crippen molar-refractivity contribution in [1.82, 2.24) is 5.32 Å². The topological polar surface area (TPSA) is 64.3 Å². The maximum atomic E-state index is 13.3. The van der Waals surface area contributed by atoms with Crippen molar-refractivity contribution in [3.63, 3.8) is 0 Å². The molecule has 0 aliphatic rings. The smallest absolute Gasteiger partial charge is 0.237 e. The summed E-state index contributed by atoms with van der Waals surface area (Å²) in [6, 6.07) is 3.12. The van der Waals surface area contributed by atoms with E-state index in [-0.39, 0.29) is 12.4 Å². The standard InChI is InChI=1S/C13H18F2N2O2/c1-13(17-2,12(16)18)6-3-7-19-11-5-4-9(14)8-10(11)15/h4-5,8,17H,3,6-7H2,1-2H3,(H2,16,18). The van der Waals surface area contributed by atoms with Crippen LogP contribution in [0.4, 0.5) is 8.78 Å². The third-order valence-electron chi connectivity index (χ3n) is 3.07. The highest BCUT2D eigenvalue weighted by molar-refractivity contribution is 5.84. The van der Waals surface area contributed by atoms with Gasteiger partial charge in [-0.15, -0.1) is 0 Å². The summed E-state index contributed by atoms with van der Waals surface area (Å²) < 4.78 is 31.1. The van der Waals surface area contributed by atoms with Crippen LogP contribution in [-0.2, 0) is 4.79 Å². The zero-order valence-corrected chi connectivity index (χ0v) is 11.0. The third-order valence-corrected chi connectivity index (χ3v) is 3.07. The predicted octanol–water partition coefficient (Wildman–Crippen LogP) is 1.59. The number of carbonyl (C=O) groups excluding carboxylic acids is 1. The van der Waals surface area contributed by atoms with Gasteiger partial charge >= 0.3 is 0 Å². The highest BCUT2D eigenvalue weighted by Crippen LogP contribution is 2.18. The Bertz CT molecular complexity index is 454. The summed E-state index contributed by atoms with van der Waals surface area (Å²) in [5.74, 6) is -1.86. The number of nitrogens with two attached hydrogens (primary N) is 1. The summed E-state index contributed by atoms with van der Waals surface area (Å²) in [6.07, 6.45) is 0.971. The monoisotopic (exact) mass is 272 g/mol. The maximum Gasteiger partial charge on any atom is 0.237 e. The normalized spacial score (nSPS) is 13.9. The van der Waals surface area contributed by atoms with E-state index in [4.69, 9.17) is 10.5 Å². The number of ether oxygens (including phenoxy) is 1. The molecule has 0 heterocycles. The first kappa shape index (κ1) is 15.4. The molecule has 0 bridgehead atoms. The van der Waals surface area contributed by atoms with Crippen molar-refractivity contribution in [2.45, 2.75) is 25.3 Å². The Kier molecular flexibility index (Phi) is 5.23. The van der Waals surface area contributed by atoms with Crippen molar-refractivity contribution < 1.29 is 18.3 Å². The lowest BCUT2D eigenvalue weighted by molar-refractivity contribution is -0.123. The van der Waals surface area contributed by atoms with E-state index in [1.807, 2.05) is 0 Å². The molecule has 1 aromatic carbocycles. The highest BCUT2D eigenvalue weighted by atomic mass is 19.1. The molecule has 1 atom stereocenters. The van der Waals surface area contributed by atoms with Crippen molar-refractivity contribution >= 4 is 5.91 Å². The SMILES string of the molecule is CNC(C)(CCCOc1ccc(F)cc1F)C(N)=O. The van der Waals surface area contributed by atoms with Gasteiger partial charge in [-0.3, -0.25) is 4.79 Å². The molecule has 3 N–H and O–H groups in total. The van der Waals surface area contributed by atoms with Crippen molar-refractivity contribution in [3.05, 3.63) is 29.8 Å². The van der Waals surface area contributed by atoms with Crippen LogP contribution in [0.25, 0.3) is 0 Å². The number of carbonyl (C=O) groups is 1. The quantitative estimate of drug-likeness (QED) is 0.741. The van der Waals surface area contributed by atoms with Crippen LogP contribution in [0, 0.1) is 11.6 Å². The summed E-state index contributed by atoms with van der Waals surface area (Å²) >= 11 is 0. The summed E-state index contributed by atoms with van der Waals surface area (Å²) in [5.41, 5.74) is 4.46. The maximum absolute atomic E-state index is 13.3. The Morgan fingerprint density at radius 2 is 2.16 bits per heavy atom. The van der Waals surface area contributed by atoms with Gasteiger partial charge in [0.25, 0.3) is 0 Å². The first-order chi connectivity index (χ1) is 8.89. The van der Waals surface area contributed by atoms with Crippen LogP contribution in [0.2, 0.25) is 0 Å². The van der Waals surface area contributed by atoms with E-state index in [1.165, 1.54) is 6.07 Å². The molecule has 0 saturated heterocycles. The van der Waals surface area contributed by atoms with Crippen molar-refractivity contribution in [1.29, 1.82) is 0 Å². The number of primary amides is 1. The van der Waals surface area contributed by atoms with Crippen molar-refractivity contribution in [3.8, 4) is 5.75 Å². The Morgan fingerprint density at radius 1 is 1.47 bits per heavy atom. The molecule has 19 heavy (non-hydrogen) atoms. The van der Waals surface area contributed by atoms with Crippen LogP contribution in [0.3, 0.4) is 0 Å². The summed E-state index contributed by atoms with van der Waals surface area (Å²) in [5, 5.41) is 2.84. The highest BCUT2D eigenvalue weighted by Gasteiger charge is 2.28. The van der Waals surface area contributed by atoms with Crippen molar-refractivity contribution in [2.24, 2.45) is 5.73 Å². The van der Waals surface area contributed by atoms with Gasteiger partial charge in [0.1, 0.15) is 5.82 Å². The first-order valence-electron chi connectivity index (χ1n) is 5.96. The molecule has 1 unspecified atom stereocenters. The van der Waals surface area contributed by atoms with Gasteiger partial charge in [0.2, 0.25) is 5.91 Å². The fourth-order valence-corrected chi connectivity index (χ4v) is 1.57. The van der Waals surface area contributed by atoms with Crippen LogP contribution >= 0.6 is 0 Å². The van der Waals surface area contributed by atoms with E-state index in [9.17, 15) is 13.6 Å². The molecule has 4 nitrogen and oxygen atoms in total. The average Bonchev–Trinajstić information content (AvgIpc) is 2.36. The molecule has 0 fully saturated rings. The van der Waals surface area contributed by atoms with Gasteiger partial charge in [-0.25, -0.2) is 8.78 Å². The van der Waals surface area contributed by atoms with Gasteiger partial charge in [-0.05, 0) is 38.9 Å². The van der Waals surface area contributed by atoms with E-state index >= 15 is 0 Å². The number of nitrogens with one attached hydrogen (secondary N) is 1. The molecule has 1 amide bonds. The van der Waals surface area contributed by atoms with E-state index in [1.54, 1.807) is 14.0 Å². The Balaban J connectivity index is 2.45. The minimum atomic E-state index is -0.815. The van der Waals surface area contributed by atoms with Crippen LogP contribution in [0.15, 0.2) is 18.2 Å². The lowest BCUT2D eigenvalue weighted by Gasteiger charge is -2.25. The zero-order valence-electron chi connectivity index (χ0n) is 11.0. The molecule has 1 aromatic rings. The summed E-state index contributed by atoms with van der Waals surface area (Å²) in [7, 11) is 1.64. The van der Waals surface area contributed by atoms with Gasteiger partial charge in [0.05, 0.1) is 12.1 Å². The second kappa shape index (κ2) is 6.47. The average molecular weight is 272 g/mol. The number of likely N-dealkylation sites (N-methyl/N-ethyl adjacent to an activating group) is 1. The lowest BCUT2D eigenvalue weighted by atomic mass is 9.95. The zero-order chi connectivity index (χ0) is 14.5. The lowest BCUT2D eigenvalue weighted by Crippen LogP contribution is -2.51. The molecule has 106 valence electrons. The Morgan fingerprint density at radius 3 is 2.68 bits per heavy atom. The van der Waals surface area contributed by atoms with Crippen molar-refractivity contribution in [2.75, 3.05) is 13.7 Å². The molecule has 0 spiro atoms. The predicted molar refractivity (Wildman–Crippen MR) is 67.7 cm³/mol. The number of rotatable bonds is 7. The molecule has 1 rings (SSSR count). The van der Waals surface area contributed by atoms with Gasteiger partial charge < -0.3 is 15.8 Å². The summed E-state index contributed by atoms with van der Waals surface area (Å²) in [6.45, 7) is 1.90. The molecule has 0 aliphatic carbocycles.